The van der Waals surface area contributed by atoms with Gasteiger partial charge in [-0.25, -0.2) is 9.18 Å². The van der Waals surface area contributed by atoms with Crippen molar-refractivity contribution in [1.82, 2.24) is 10.3 Å². The zero-order chi connectivity index (χ0) is 13.9. The van der Waals surface area contributed by atoms with Crippen LogP contribution in [0.4, 0.5) is 15.2 Å². The van der Waals surface area contributed by atoms with Crippen LogP contribution in [0.3, 0.4) is 0 Å². The predicted octanol–water partition coefficient (Wildman–Crippen LogP) is 3.42. The number of carbonyl (C=O) groups is 1. The first kappa shape index (κ1) is 12.9. The number of nitrogens with zero attached hydrogens (tertiary/aromatic N) is 1. The van der Waals surface area contributed by atoms with Gasteiger partial charge in [-0.3, -0.25) is 5.32 Å². The standard InChI is InChI=1S/C14H16FN3O2/c15-9-6-7-12-11(8-9)17-14(20-12)18-13(19)16-10-4-2-1-3-5-10/h6-8,10H,1-5H2,(H2,16,17,18,19). The minimum Gasteiger partial charge on any atom is -0.423 e. The van der Waals surface area contributed by atoms with Gasteiger partial charge in [-0.15, -0.1) is 0 Å². The minimum atomic E-state index is -0.385. The Bertz CT molecular complexity index is 620. The Morgan fingerprint density at radius 2 is 2.10 bits per heavy atom. The third-order valence-corrected chi connectivity index (χ3v) is 3.51. The van der Waals surface area contributed by atoms with Crippen LogP contribution in [0.15, 0.2) is 22.6 Å². The lowest BCUT2D eigenvalue weighted by Gasteiger charge is -2.22. The molecule has 1 heterocycles. The molecule has 3 rings (SSSR count). The lowest BCUT2D eigenvalue weighted by molar-refractivity contribution is 0.243. The molecule has 2 N–H and O–H groups in total. The highest BCUT2D eigenvalue weighted by Gasteiger charge is 2.17. The van der Waals surface area contributed by atoms with Gasteiger partial charge in [0.2, 0.25) is 0 Å². The van der Waals surface area contributed by atoms with Gasteiger partial charge in [-0.2, -0.15) is 4.98 Å². The first-order chi connectivity index (χ1) is 9.70. The molecule has 106 valence electrons. The van der Waals surface area contributed by atoms with Gasteiger partial charge in [-0.05, 0) is 25.0 Å². The summed E-state index contributed by atoms with van der Waals surface area (Å²) in [4.78, 5) is 15.9. The molecule has 1 saturated carbocycles. The maximum absolute atomic E-state index is 13.0. The molecule has 1 aliphatic rings. The molecule has 1 fully saturated rings. The number of carbonyl (C=O) groups excluding carboxylic acids is 1. The number of urea groups is 1. The van der Waals surface area contributed by atoms with Crippen LogP contribution in [-0.2, 0) is 0 Å². The summed E-state index contributed by atoms with van der Waals surface area (Å²) >= 11 is 0. The number of hydrogen-bond donors (Lipinski definition) is 2. The van der Waals surface area contributed by atoms with Crippen LogP contribution in [0.1, 0.15) is 32.1 Å². The number of anilines is 1. The Morgan fingerprint density at radius 3 is 2.90 bits per heavy atom. The quantitative estimate of drug-likeness (QED) is 0.883. The molecular formula is C14H16FN3O2. The number of fused-ring (bicyclic) bond motifs is 1. The van der Waals surface area contributed by atoms with E-state index in [2.05, 4.69) is 15.6 Å². The molecule has 0 spiro atoms. The minimum absolute atomic E-state index is 0.0823. The van der Waals surface area contributed by atoms with Gasteiger partial charge in [0, 0.05) is 12.1 Å². The van der Waals surface area contributed by atoms with Crippen molar-refractivity contribution in [3.8, 4) is 0 Å². The van der Waals surface area contributed by atoms with Crippen LogP contribution in [-0.4, -0.2) is 17.1 Å². The molecule has 0 atom stereocenters. The number of hydrogen-bond acceptors (Lipinski definition) is 3. The number of halogens is 1. The molecule has 1 aromatic carbocycles. The second-order valence-corrected chi connectivity index (χ2v) is 5.06. The Labute approximate surface area is 115 Å². The van der Waals surface area contributed by atoms with Gasteiger partial charge in [0.05, 0.1) is 0 Å². The largest absolute Gasteiger partial charge is 0.423 e. The van der Waals surface area contributed by atoms with E-state index in [9.17, 15) is 9.18 Å². The van der Waals surface area contributed by atoms with Crippen molar-refractivity contribution < 1.29 is 13.6 Å². The van der Waals surface area contributed by atoms with Crippen LogP contribution < -0.4 is 10.6 Å². The Hall–Kier alpha value is -2.11. The summed E-state index contributed by atoms with van der Waals surface area (Å²) in [6, 6.07) is 4.01. The van der Waals surface area contributed by atoms with Gasteiger partial charge >= 0.3 is 12.0 Å². The average molecular weight is 277 g/mol. The number of oxazole rings is 1. The summed E-state index contributed by atoms with van der Waals surface area (Å²) in [5.41, 5.74) is 0.831. The van der Waals surface area contributed by atoms with Gasteiger partial charge < -0.3 is 9.73 Å². The van der Waals surface area contributed by atoms with Crippen molar-refractivity contribution in [2.24, 2.45) is 0 Å². The number of benzene rings is 1. The molecule has 20 heavy (non-hydrogen) atoms. The Kier molecular flexibility index (Phi) is 3.54. The van der Waals surface area contributed by atoms with E-state index in [1.807, 2.05) is 0 Å². The second-order valence-electron chi connectivity index (χ2n) is 5.06. The van der Waals surface area contributed by atoms with Crippen LogP contribution in [0.25, 0.3) is 11.1 Å². The van der Waals surface area contributed by atoms with Crippen molar-refractivity contribution >= 4 is 23.1 Å². The van der Waals surface area contributed by atoms with Crippen molar-refractivity contribution in [2.45, 2.75) is 38.1 Å². The van der Waals surface area contributed by atoms with Crippen molar-refractivity contribution in [3.63, 3.8) is 0 Å². The van der Waals surface area contributed by atoms with E-state index in [-0.39, 0.29) is 23.9 Å². The van der Waals surface area contributed by atoms with Crippen LogP contribution in [0, 0.1) is 5.82 Å². The third kappa shape index (κ3) is 2.89. The molecule has 0 aliphatic heterocycles. The van der Waals surface area contributed by atoms with Crippen LogP contribution in [0.2, 0.25) is 0 Å². The van der Waals surface area contributed by atoms with Gasteiger partial charge in [0.25, 0.3) is 0 Å². The zero-order valence-electron chi connectivity index (χ0n) is 11.0. The molecule has 0 radical (unpaired) electrons. The van der Waals surface area contributed by atoms with Gasteiger partial charge in [-0.1, -0.05) is 19.3 Å². The molecule has 0 bridgehead atoms. The van der Waals surface area contributed by atoms with Crippen molar-refractivity contribution in [3.05, 3.63) is 24.0 Å². The number of aromatic nitrogens is 1. The molecule has 2 amide bonds. The molecular weight excluding hydrogens is 261 g/mol. The SMILES string of the molecule is O=C(Nc1nc2cc(F)ccc2o1)NC1CCCCC1. The summed E-state index contributed by atoms with van der Waals surface area (Å²) in [7, 11) is 0. The molecule has 1 aromatic heterocycles. The lowest BCUT2D eigenvalue weighted by Crippen LogP contribution is -2.39. The molecule has 1 aliphatic carbocycles. The van der Waals surface area contributed by atoms with E-state index in [1.54, 1.807) is 0 Å². The fourth-order valence-corrected chi connectivity index (χ4v) is 2.52. The number of amides is 2. The lowest BCUT2D eigenvalue weighted by atomic mass is 9.96. The van der Waals surface area contributed by atoms with Gasteiger partial charge in [0.15, 0.2) is 5.58 Å². The first-order valence-electron chi connectivity index (χ1n) is 6.84. The van der Waals surface area contributed by atoms with Crippen molar-refractivity contribution in [1.29, 1.82) is 0 Å². The fourth-order valence-electron chi connectivity index (χ4n) is 2.52. The Morgan fingerprint density at radius 1 is 1.30 bits per heavy atom. The summed E-state index contributed by atoms with van der Waals surface area (Å²) < 4.78 is 18.4. The summed E-state index contributed by atoms with van der Waals surface area (Å²) in [6.45, 7) is 0. The van der Waals surface area contributed by atoms with E-state index in [4.69, 9.17) is 4.42 Å². The molecule has 0 saturated heterocycles. The Balaban J connectivity index is 1.64. The molecule has 2 aromatic rings. The highest BCUT2D eigenvalue weighted by atomic mass is 19.1. The van der Waals surface area contributed by atoms with E-state index in [0.29, 0.717) is 11.1 Å². The summed E-state index contributed by atoms with van der Waals surface area (Å²) in [5.74, 6) is -0.385. The third-order valence-electron chi connectivity index (χ3n) is 3.51. The highest BCUT2D eigenvalue weighted by Crippen LogP contribution is 2.20. The van der Waals surface area contributed by atoms with E-state index in [0.717, 1.165) is 25.7 Å². The van der Waals surface area contributed by atoms with Gasteiger partial charge in [0.1, 0.15) is 11.3 Å². The molecule has 0 unspecified atom stereocenters. The van der Waals surface area contributed by atoms with E-state index >= 15 is 0 Å². The van der Waals surface area contributed by atoms with Crippen molar-refractivity contribution in [2.75, 3.05) is 5.32 Å². The topological polar surface area (TPSA) is 67.2 Å². The smallest absolute Gasteiger partial charge is 0.323 e. The maximum Gasteiger partial charge on any atom is 0.323 e. The predicted molar refractivity (Wildman–Crippen MR) is 73.0 cm³/mol. The second kappa shape index (κ2) is 5.48. The molecule has 5 nitrogen and oxygen atoms in total. The summed E-state index contributed by atoms with van der Waals surface area (Å²) in [6.07, 6.45) is 5.54. The van der Waals surface area contributed by atoms with Crippen LogP contribution >= 0.6 is 0 Å². The van der Waals surface area contributed by atoms with E-state index < -0.39 is 0 Å². The monoisotopic (exact) mass is 277 g/mol. The number of rotatable bonds is 2. The molecule has 6 heteroatoms. The van der Waals surface area contributed by atoms with Crippen LogP contribution in [0.5, 0.6) is 0 Å². The highest BCUT2D eigenvalue weighted by molar-refractivity contribution is 5.88. The average Bonchev–Trinajstić information content (AvgIpc) is 2.80. The normalized spacial score (nSPS) is 16.2. The summed E-state index contributed by atoms with van der Waals surface area (Å²) in [5, 5.41) is 5.45. The number of nitrogens with one attached hydrogen (secondary N) is 2. The zero-order valence-corrected chi connectivity index (χ0v) is 11.0. The maximum atomic E-state index is 13.0. The first-order valence-corrected chi connectivity index (χ1v) is 6.84. The van der Waals surface area contributed by atoms with E-state index in [1.165, 1.54) is 24.6 Å². The fraction of sp³-hybridized carbons (Fsp3) is 0.429.